The van der Waals surface area contributed by atoms with Crippen LogP contribution in [0.15, 0.2) is 18.7 Å². The van der Waals surface area contributed by atoms with Gasteiger partial charge < -0.3 is 4.55 Å². The minimum Gasteiger partial charge on any atom is -0.726 e. The fourth-order valence-corrected chi connectivity index (χ4v) is 3.43. The molecule has 0 aliphatic rings. The van der Waals surface area contributed by atoms with E-state index in [0.717, 1.165) is 12.8 Å². The number of imidazole rings is 1. The summed E-state index contributed by atoms with van der Waals surface area (Å²) in [5.41, 5.74) is 0. The Labute approximate surface area is 179 Å². The van der Waals surface area contributed by atoms with Gasteiger partial charge in [0.15, 0.2) is 0 Å². The van der Waals surface area contributed by atoms with Crippen LogP contribution in [0.1, 0.15) is 104 Å². The lowest BCUT2D eigenvalue weighted by Gasteiger charge is -2.06. The summed E-state index contributed by atoms with van der Waals surface area (Å²) >= 11 is 0. The van der Waals surface area contributed by atoms with Crippen LogP contribution in [0.2, 0.25) is 0 Å². The second kappa shape index (κ2) is 19.1. The molecule has 0 atom stereocenters. The molecule has 1 rings (SSSR count). The molecule has 0 aromatic carbocycles. The molecule has 1 heterocycles. The van der Waals surface area contributed by atoms with E-state index in [-0.39, 0.29) is 6.61 Å². The first-order valence-corrected chi connectivity index (χ1v) is 12.8. The van der Waals surface area contributed by atoms with E-state index in [9.17, 15) is 13.0 Å². The molecule has 0 aliphatic carbocycles. The number of hydrogen-bond acceptors (Lipinski definition) is 4. The molecule has 0 amide bonds. The molecule has 0 aliphatic heterocycles. The van der Waals surface area contributed by atoms with Gasteiger partial charge in [0.25, 0.3) is 0 Å². The maximum absolute atomic E-state index is 9.99. The third-order valence-electron chi connectivity index (χ3n) is 4.82. The highest BCUT2D eigenvalue weighted by atomic mass is 32.3. The molecular weight excluding hydrogens is 388 g/mol. The molecule has 0 bridgehead atoms. The van der Waals surface area contributed by atoms with Crippen molar-refractivity contribution in [2.75, 3.05) is 6.61 Å². The molecule has 29 heavy (non-hydrogen) atoms. The third-order valence-corrected chi connectivity index (χ3v) is 5.27. The zero-order valence-electron chi connectivity index (χ0n) is 19.0. The molecule has 172 valence electrons. The second-order valence-corrected chi connectivity index (χ2v) is 8.84. The van der Waals surface area contributed by atoms with Crippen LogP contribution in [-0.2, 0) is 28.2 Å². The Hall–Kier alpha value is -0.920. The lowest BCUT2D eigenvalue weighted by atomic mass is 10.1. The van der Waals surface area contributed by atoms with Crippen molar-refractivity contribution in [2.24, 2.45) is 7.05 Å². The topological polar surface area (TPSA) is 75.2 Å². The third kappa shape index (κ3) is 21.6. The van der Waals surface area contributed by atoms with Crippen molar-refractivity contribution in [1.29, 1.82) is 0 Å². The summed E-state index contributed by atoms with van der Waals surface area (Å²) in [4.78, 5) is 0. The van der Waals surface area contributed by atoms with Crippen LogP contribution in [0.25, 0.3) is 0 Å². The summed E-state index contributed by atoms with van der Waals surface area (Å²) in [6, 6.07) is 0. The van der Waals surface area contributed by atoms with Crippen LogP contribution in [-0.4, -0.2) is 24.1 Å². The smallest absolute Gasteiger partial charge is 0.243 e. The molecule has 0 radical (unpaired) electrons. The van der Waals surface area contributed by atoms with Gasteiger partial charge in [-0.3, -0.25) is 4.18 Å². The average Bonchev–Trinajstić information content (AvgIpc) is 3.08. The van der Waals surface area contributed by atoms with E-state index >= 15 is 0 Å². The summed E-state index contributed by atoms with van der Waals surface area (Å²) in [5.74, 6) is 0. The highest BCUT2D eigenvalue weighted by Crippen LogP contribution is 2.08. The van der Waals surface area contributed by atoms with Crippen LogP contribution < -0.4 is 4.57 Å². The van der Waals surface area contributed by atoms with Crippen molar-refractivity contribution in [3.8, 4) is 0 Å². The van der Waals surface area contributed by atoms with Crippen molar-refractivity contribution in [3.05, 3.63) is 18.7 Å². The van der Waals surface area contributed by atoms with Crippen LogP contribution in [0.4, 0.5) is 0 Å². The zero-order chi connectivity index (χ0) is 21.8. The summed E-state index contributed by atoms with van der Waals surface area (Å²) in [5, 5.41) is 0. The molecular formula is C22H44N2O4S. The van der Waals surface area contributed by atoms with Crippen LogP contribution in [0.3, 0.4) is 0 Å². The average molecular weight is 433 g/mol. The van der Waals surface area contributed by atoms with E-state index in [1.165, 1.54) is 77.2 Å². The number of unbranched alkanes of at least 4 members (excludes halogenated alkanes) is 12. The van der Waals surface area contributed by atoms with E-state index in [1.54, 1.807) is 0 Å². The molecule has 0 saturated carbocycles. The Morgan fingerprint density at radius 2 is 1.31 bits per heavy atom. The fourth-order valence-electron chi connectivity index (χ4n) is 3.11. The molecule has 0 fully saturated rings. The fraction of sp³-hybridized carbons (Fsp3) is 0.864. The van der Waals surface area contributed by atoms with Crippen molar-refractivity contribution < 1.29 is 21.7 Å². The number of rotatable bonds is 17. The van der Waals surface area contributed by atoms with Crippen molar-refractivity contribution in [2.45, 2.75) is 110 Å². The largest absolute Gasteiger partial charge is 0.726 e. The summed E-state index contributed by atoms with van der Waals surface area (Å²) < 4.78 is 38.4. The number of nitrogens with zero attached hydrogens (tertiary/aromatic N) is 2. The zero-order valence-corrected chi connectivity index (χ0v) is 19.8. The van der Waals surface area contributed by atoms with Gasteiger partial charge in [0.05, 0.1) is 20.2 Å². The second-order valence-electron chi connectivity index (χ2n) is 7.79. The lowest BCUT2D eigenvalue weighted by molar-refractivity contribution is -0.696. The minimum atomic E-state index is -4.47. The van der Waals surface area contributed by atoms with Crippen molar-refractivity contribution in [3.63, 3.8) is 0 Å². The van der Waals surface area contributed by atoms with Crippen molar-refractivity contribution >= 4 is 10.4 Å². The molecule has 1 aromatic heterocycles. The molecule has 0 saturated heterocycles. The maximum atomic E-state index is 9.99. The lowest BCUT2D eigenvalue weighted by Crippen LogP contribution is -2.30. The van der Waals surface area contributed by atoms with Crippen LogP contribution >= 0.6 is 0 Å². The normalized spacial score (nSPS) is 11.3. The van der Waals surface area contributed by atoms with E-state index < -0.39 is 10.4 Å². The van der Waals surface area contributed by atoms with Gasteiger partial charge in [-0.2, -0.15) is 0 Å². The Kier molecular flexibility index (Phi) is 18.5. The molecule has 6 nitrogen and oxygen atoms in total. The highest BCUT2D eigenvalue weighted by Gasteiger charge is 1.99. The van der Waals surface area contributed by atoms with Gasteiger partial charge in [0.2, 0.25) is 16.7 Å². The number of aryl methyl sites for hydroxylation is 2. The Morgan fingerprint density at radius 1 is 0.828 bits per heavy atom. The van der Waals surface area contributed by atoms with Crippen LogP contribution in [0, 0.1) is 0 Å². The Morgan fingerprint density at radius 3 is 1.76 bits per heavy atom. The van der Waals surface area contributed by atoms with Gasteiger partial charge in [-0.25, -0.2) is 17.6 Å². The quantitative estimate of drug-likeness (QED) is 0.145. The predicted molar refractivity (Wildman–Crippen MR) is 117 cm³/mol. The van der Waals surface area contributed by atoms with Gasteiger partial charge in [-0.1, -0.05) is 84.5 Å². The number of hydrogen-bond donors (Lipinski definition) is 0. The summed E-state index contributed by atoms with van der Waals surface area (Å²) in [7, 11) is -2.40. The first-order chi connectivity index (χ1) is 13.9. The molecule has 0 N–H and O–H groups in total. The van der Waals surface area contributed by atoms with Gasteiger partial charge in [0, 0.05) is 0 Å². The molecule has 0 spiro atoms. The van der Waals surface area contributed by atoms with E-state index in [2.05, 4.69) is 52.9 Å². The molecule has 0 unspecified atom stereocenters. The first-order valence-electron chi connectivity index (χ1n) is 11.5. The van der Waals surface area contributed by atoms with Gasteiger partial charge in [0.1, 0.15) is 12.4 Å². The Bertz CT molecular complexity index is 573. The molecule has 1 aromatic rings. The Balaban J connectivity index is 0.000000555. The number of aromatic nitrogens is 2. The van der Waals surface area contributed by atoms with E-state index in [4.69, 9.17) is 0 Å². The summed E-state index contributed by atoms with van der Waals surface area (Å²) in [6.07, 6.45) is 23.8. The SMILES string of the molecule is CCCCCCCCCC[n+]1ccn(C)c1.CCCCCCCCOS(=O)(=O)[O-]. The minimum absolute atomic E-state index is 0.0258. The van der Waals surface area contributed by atoms with Gasteiger partial charge >= 0.3 is 0 Å². The summed E-state index contributed by atoms with van der Waals surface area (Å²) in [6.45, 7) is 5.61. The highest BCUT2D eigenvalue weighted by molar-refractivity contribution is 7.80. The van der Waals surface area contributed by atoms with Crippen molar-refractivity contribution in [1.82, 2.24) is 4.57 Å². The molecule has 7 heteroatoms. The van der Waals surface area contributed by atoms with E-state index in [1.807, 2.05) is 0 Å². The van der Waals surface area contributed by atoms with Gasteiger partial charge in [-0.15, -0.1) is 0 Å². The standard InChI is InChI=1S/C14H27N2.C8H18O4S/c1-3-4-5-6-7-8-9-10-11-16-13-12-15(2)14-16;1-2-3-4-5-6-7-8-12-13(9,10)11/h12-14H,3-11H2,1-2H3;2-8H2,1H3,(H,9,10,11)/q+1;/p-1. The van der Waals surface area contributed by atoms with Crippen LogP contribution in [0.5, 0.6) is 0 Å². The monoisotopic (exact) mass is 432 g/mol. The van der Waals surface area contributed by atoms with E-state index in [0.29, 0.717) is 6.42 Å². The van der Waals surface area contributed by atoms with Gasteiger partial charge in [-0.05, 0) is 19.3 Å². The predicted octanol–water partition coefficient (Wildman–Crippen LogP) is 5.28. The maximum Gasteiger partial charge on any atom is 0.243 e. The first kappa shape index (κ1) is 28.1.